The number of rotatable bonds is 0. The SMILES string of the molecule is BP.[Co].[Co].[W].[W]. The maximum Gasteiger partial charge on any atom is 0.126 e. The van der Waals surface area contributed by atoms with Crippen molar-refractivity contribution in [1.29, 1.82) is 0 Å². The van der Waals surface area contributed by atoms with E-state index in [1.54, 1.807) is 0 Å². The molecular weight excluding hydrogens is 527 g/mol. The van der Waals surface area contributed by atoms with Crippen LogP contribution in [0.2, 0.25) is 0 Å². The van der Waals surface area contributed by atoms with Crippen molar-refractivity contribution in [1.82, 2.24) is 0 Å². The first kappa shape index (κ1) is 36.6. The molecule has 2 radical (unpaired) electrons. The minimum Gasteiger partial charge on any atom is -0.179 e. The van der Waals surface area contributed by atoms with Gasteiger partial charge in [-0.1, -0.05) is 0 Å². The Morgan fingerprint density at radius 2 is 0.833 bits per heavy atom. The van der Waals surface area contributed by atoms with Crippen LogP contribution in [-0.2, 0) is 75.7 Å². The third kappa shape index (κ3) is 28.7. The maximum atomic E-state index is 2.42. The molecule has 0 N–H and O–H groups in total. The smallest absolute Gasteiger partial charge is 0.126 e. The normalized spacial score (nSPS) is 0.833. The molecule has 0 amide bonds. The Bertz CT molecular complexity index is 11.5. The van der Waals surface area contributed by atoms with Crippen molar-refractivity contribution in [2.45, 2.75) is 0 Å². The van der Waals surface area contributed by atoms with E-state index in [0.29, 0.717) is 0 Å². The molecule has 0 aliphatic carbocycles. The van der Waals surface area contributed by atoms with Crippen LogP contribution in [-0.4, -0.2) is 7.57 Å². The van der Waals surface area contributed by atoms with E-state index >= 15 is 0 Å². The molecule has 0 aromatic rings. The topological polar surface area (TPSA) is 0 Å². The van der Waals surface area contributed by atoms with Gasteiger partial charge >= 0.3 is 0 Å². The fourth-order valence-corrected chi connectivity index (χ4v) is 0. The van der Waals surface area contributed by atoms with Crippen LogP contribution >= 0.6 is 9.12 Å². The van der Waals surface area contributed by atoms with E-state index < -0.39 is 0 Å². The van der Waals surface area contributed by atoms with Crippen molar-refractivity contribution in [3.05, 3.63) is 0 Å². The summed E-state index contributed by atoms with van der Waals surface area (Å²) in [5.74, 6) is 0. The summed E-state index contributed by atoms with van der Waals surface area (Å²) >= 11 is 0. The molecule has 1 unspecified atom stereocenters. The first-order chi connectivity index (χ1) is 1.00. The maximum absolute atomic E-state index is 2.42. The van der Waals surface area contributed by atoms with E-state index in [4.69, 9.17) is 0 Å². The van der Waals surface area contributed by atoms with Crippen molar-refractivity contribution < 1.29 is 75.7 Å². The Balaban J connectivity index is -0.000000000833. The van der Waals surface area contributed by atoms with E-state index in [1.807, 2.05) is 7.57 Å². The van der Waals surface area contributed by atoms with Crippen molar-refractivity contribution >= 4 is 16.7 Å². The van der Waals surface area contributed by atoms with Crippen molar-refractivity contribution in [3.63, 3.8) is 0 Å². The Morgan fingerprint density at radius 1 is 0.833 bits per heavy atom. The molecule has 42 valence electrons. The minimum atomic E-state index is 0. The van der Waals surface area contributed by atoms with Gasteiger partial charge in [0.1, 0.15) is 7.57 Å². The summed E-state index contributed by atoms with van der Waals surface area (Å²) in [5.41, 5.74) is 0. The second kappa shape index (κ2) is 44.9. The van der Waals surface area contributed by atoms with Gasteiger partial charge in [-0.25, -0.2) is 0 Å². The van der Waals surface area contributed by atoms with E-state index in [0.717, 1.165) is 0 Å². The third-order valence-electron chi connectivity index (χ3n) is 0. The molecule has 0 saturated heterocycles. The average Bonchev–Trinajstić information content (AvgIpc) is 1.00. The van der Waals surface area contributed by atoms with E-state index in [1.165, 1.54) is 0 Å². The van der Waals surface area contributed by atoms with Crippen LogP contribution in [0.25, 0.3) is 0 Å². The molecule has 0 aromatic carbocycles. The number of hydrogen-bond acceptors (Lipinski definition) is 0. The van der Waals surface area contributed by atoms with Gasteiger partial charge in [0.25, 0.3) is 0 Å². The monoisotopic (exact) mass is 532 g/mol. The number of hydrogen-bond donors (Lipinski definition) is 0. The summed E-state index contributed by atoms with van der Waals surface area (Å²) in [7, 11) is 4.33. The van der Waals surface area contributed by atoms with Crippen molar-refractivity contribution in [2.24, 2.45) is 0 Å². The third-order valence-corrected chi connectivity index (χ3v) is 0. The molecule has 1 atom stereocenters. The molecule has 6 heavy (non-hydrogen) atoms. The van der Waals surface area contributed by atoms with Gasteiger partial charge in [-0.05, 0) is 0 Å². The average molecular weight is 531 g/mol. The zero-order chi connectivity index (χ0) is 2.00. The molecule has 0 aliphatic heterocycles. The molecule has 0 nitrogen and oxygen atoms in total. The van der Waals surface area contributed by atoms with Crippen LogP contribution < -0.4 is 0 Å². The Morgan fingerprint density at radius 3 is 0.833 bits per heavy atom. The molecular formula is H4BCo2PW2. The summed E-state index contributed by atoms with van der Waals surface area (Å²) in [6.45, 7) is 0. The summed E-state index contributed by atoms with van der Waals surface area (Å²) < 4.78 is 0. The second-order valence-corrected chi connectivity index (χ2v) is 0. The largest absolute Gasteiger partial charge is 0.179 e. The molecule has 0 heterocycles. The van der Waals surface area contributed by atoms with Gasteiger partial charge in [-0.3, -0.25) is 0 Å². The predicted molar refractivity (Wildman–Crippen MR) is 18.3 cm³/mol. The standard InChI is InChI=1S/BH4P.2Co.2W/c1-2;;;;/h1-2H2;;;;. The summed E-state index contributed by atoms with van der Waals surface area (Å²) in [6, 6.07) is 0. The second-order valence-electron chi connectivity index (χ2n) is 0. The van der Waals surface area contributed by atoms with Crippen LogP contribution in [0.4, 0.5) is 0 Å². The molecule has 6 heteroatoms. The summed E-state index contributed by atoms with van der Waals surface area (Å²) in [6.07, 6.45) is 0. The van der Waals surface area contributed by atoms with E-state index in [9.17, 15) is 0 Å². The van der Waals surface area contributed by atoms with E-state index in [-0.39, 0.29) is 75.7 Å². The molecule has 0 aliphatic rings. The molecule has 0 bridgehead atoms. The van der Waals surface area contributed by atoms with Gasteiger partial charge in [-0.2, -0.15) is 9.12 Å². The fraction of sp³-hybridized carbons (Fsp3) is 0. The Hall–Kier alpha value is 2.88. The van der Waals surface area contributed by atoms with Crippen LogP contribution in [0.5, 0.6) is 0 Å². The van der Waals surface area contributed by atoms with E-state index in [2.05, 4.69) is 9.12 Å². The van der Waals surface area contributed by atoms with Crippen molar-refractivity contribution in [3.8, 4) is 0 Å². The van der Waals surface area contributed by atoms with Gasteiger partial charge in [0.15, 0.2) is 0 Å². The van der Waals surface area contributed by atoms with Crippen LogP contribution in [0.1, 0.15) is 0 Å². The van der Waals surface area contributed by atoms with Crippen LogP contribution in [0.3, 0.4) is 0 Å². The van der Waals surface area contributed by atoms with Crippen molar-refractivity contribution in [2.75, 3.05) is 0 Å². The minimum absolute atomic E-state index is 0. The summed E-state index contributed by atoms with van der Waals surface area (Å²) in [5, 5.41) is 0. The molecule has 0 spiro atoms. The zero-order valence-corrected chi connectivity index (χ0v) is 12.2. The Kier molecular flexibility index (Phi) is 274. The summed E-state index contributed by atoms with van der Waals surface area (Å²) in [4.78, 5) is 0. The van der Waals surface area contributed by atoms with Gasteiger partial charge in [-0.15, -0.1) is 0 Å². The zero-order valence-electron chi connectivity index (χ0n) is 3.06. The van der Waals surface area contributed by atoms with Crippen LogP contribution in [0.15, 0.2) is 0 Å². The fourth-order valence-electron chi connectivity index (χ4n) is 0. The molecule has 0 saturated carbocycles. The van der Waals surface area contributed by atoms with Crippen LogP contribution in [0, 0.1) is 0 Å². The van der Waals surface area contributed by atoms with Gasteiger partial charge in [0.05, 0.1) is 0 Å². The van der Waals surface area contributed by atoms with Gasteiger partial charge in [0.2, 0.25) is 0 Å². The molecule has 0 rings (SSSR count). The first-order valence-corrected chi connectivity index (χ1v) is 1.73. The van der Waals surface area contributed by atoms with Gasteiger partial charge in [0, 0.05) is 75.7 Å². The first-order valence-electron chi connectivity index (χ1n) is 0.577. The van der Waals surface area contributed by atoms with Gasteiger partial charge < -0.3 is 0 Å². The molecule has 0 fully saturated rings. The Labute approximate surface area is 91.2 Å². The molecule has 0 aromatic heterocycles. The quantitative estimate of drug-likeness (QED) is 0.290. The predicted octanol–water partition coefficient (Wildman–Crippen LogP) is -0.600.